The van der Waals surface area contributed by atoms with Gasteiger partial charge < -0.3 is 10.1 Å². The Morgan fingerprint density at radius 3 is 2.10 bits per heavy atom. The third kappa shape index (κ3) is 5.48. The summed E-state index contributed by atoms with van der Waals surface area (Å²) < 4.78 is 31.9. The topological polar surface area (TPSA) is 72.5 Å². The van der Waals surface area contributed by atoms with Gasteiger partial charge in [-0.1, -0.05) is 60.7 Å². The Balaban J connectivity index is 1.73. The third-order valence-corrected chi connectivity index (χ3v) is 6.82. The predicted octanol–water partition coefficient (Wildman–Crippen LogP) is 3.96. The molecule has 3 aromatic carbocycles. The van der Waals surface area contributed by atoms with E-state index in [-0.39, 0.29) is 23.8 Å². The van der Waals surface area contributed by atoms with Crippen LogP contribution in [0.25, 0.3) is 0 Å². The van der Waals surface area contributed by atoms with E-state index < -0.39 is 15.1 Å². The molecule has 0 saturated heterocycles. The number of rotatable bonds is 9. The van der Waals surface area contributed by atoms with Gasteiger partial charge in [0, 0.05) is 6.54 Å². The third-order valence-electron chi connectivity index (χ3n) is 4.70. The van der Waals surface area contributed by atoms with Gasteiger partial charge in [0.25, 0.3) is 0 Å². The Morgan fingerprint density at radius 1 is 0.900 bits per heavy atom. The molecule has 0 aliphatic rings. The number of amides is 1. The number of hydrogen-bond donors (Lipinski definition) is 1. The fourth-order valence-electron chi connectivity index (χ4n) is 3.17. The van der Waals surface area contributed by atoms with Crippen molar-refractivity contribution in [1.29, 1.82) is 0 Å². The number of hydrogen-bond acceptors (Lipinski definition) is 4. The van der Waals surface area contributed by atoms with E-state index in [9.17, 15) is 13.2 Å². The van der Waals surface area contributed by atoms with Crippen molar-refractivity contribution in [3.05, 3.63) is 96.1 Å². The lowest BCUT2D eigenvalue weighted by atomic mass is 10.1. The van der Waals surface area contributed by atoms with Crippen LogP contribution in [0.2, 0.25) is 0 Å². The fraction of sp³-hybridized carbons (Fsp3) is 0.208. The van der Waals surface area contributed by atoms with Crippen molar-refractivity contribution in [3.63, 3.8) is 0 Å². The molecule has 5 nitrogen and oxygen atoms in total. The van der Waals surface area contributed by atoms with Crippen LogP contribution >= 0.6 is 0 Å². The minimum atomic E-state index is -3.67. The molecular weight excluding hydrogens is 398 g/mol. The van der Waals surface area contributed by atoms with E-state index in [1.54, 1.807) is 54.6 Å². The molecule has 0 aliphatic heterocycles. The van der Waals surface area contributed by atoms with E-state index in [4.69, 9.17) is 4.74 Å². The molecule has 1 amide bonds. The van der Waals surface area contributed by atoms with Crippen LogP contribution in [0, 0.1) is 0 Å². The molecule has 0 unspecified atom stereocenters. The summed E-state index contributed by atoms with van der Waals surface area (Å²) in [5.74, 6) is 0.517. The number of nitrogens with one attached hydrogen (secondary N) is 1. The molecule has 0 aromatic heterocycles. The van der Waals surface area contributed by atoms with Crippen LogP contribution in [0.5, 0.6) is 5.75 Å². The van der Waals surface area contributed by atoms with Gasteiger partial charge >= 0.3 is 0 Å². The molecule has 3 aromatic rings. The summed E-state index contributed by atoms with van der Waals surface area (Å²) in [6.45, 7) is 2.49. The van der Waals surface area contributed by atoms with E-state index in [2.05, 4.69) is 5.32 Å². The summed E-state index contributed by atoms with van der Waals surface area (Å²) in [4.78, 5) is 12.7. The second kappa shape index (κ2) is 10.1. The molecule has 0 spiro atoms. The highest BCUT2D eigenvalue weighted by Crippen LogP contribution is 2.28. The van der Waals surface area contributed by atoms with Crippen molar-refractivity contribution in [2.75, 3.05) is 13.2 Å². The largest absolute Gasteiger partial charge is 0.494 e. The van der Waals surface area contributed by atoms with Gasteiger partial charge in [0.15, 0.2) is 9.84 Å². The summed E-state index contributed by atoms with van der Waals surface area (Å²) in [5, 5.41) is 1.93. The summed E-state index contributed by atoms with van der Waals surface area (Å²) >= 11 is 0. The molecule has 30 heavy (non-hydrogen) atoms. The van der Waals surface area contributed by atoms with Gasteiger partial charge in [0.05, 0.1) is 17.9 Å². The molecule has 156 valence electrons. The van der Waals surface area contributed by atoms with E-state index >= 15 is 0 Å². The highest BCUT2D eigenvalue weighted by atomic mass is 32.2. The first-order valence-electron chi connectivity index (χ1n) is 9.83. The maximum atomic E-state index is 13.2. The van der Waals surface area contributed by atoms with E-state index in [0.29, 0.717) is 12.2 Å². The fourth-order valence-corrected chi connectivity index (χ4v) is 4.86. The number of benzene rings is 3. The van der Waals surface area contributed by atoms with Gasteiger partial charge in [-0.2, -0.15) is 0 Å². The molecule has 0 fully saturated rings. The number of ether oxygens (including phenoxy) is 1. The molecule has 1 N–H and O–H groups in total. The van der Waals surface area contributed by atoms with Crippen molar-refractivity contribution in [3.8, 4) is 5.75 Å². The lowest BCUT2D eigenvalue weighted by Crippen LogP contribution is -2.32. The van der Waals surface area contributed by atoms with Crippen molar-refractivity contribution in [2.24, 2.45) is 0 Å². The zero-order chi connectivity index (χ0) is 21.4. The van der Waals surface area contributed by atoms with Crippen LogP contribution in [-0.4, -0.2) is 27.5 Å². The Kier molecular flexibility index (Phi) is 7.25. The molecule has 1 atom stereocenters. The predicted molar refractivity (Wildman–Crippen MR) is 117 cm³/mol. The van der Waals surface area contributed by atoms with Crippen molar-refractivity contribution < 1.29 is 17.9 Å². The highest BCUT2D eigenvalue weighted by molar-refractivity contribution is 7.91. The lowest BCUT2D eigenvalue weighted by molar-refractivity contribution is -0.120. The molecule has 0 heterocycles. The van der Waals surface area contributed by atoms with Crippen LogP contribution in [0.4, 0.5) is 0 Å². The maximum absolute atomic E-state index is 13.2. The summed E-state index contributed by atoms with van der Waals surface area (Å²) in [7, 11) is -3.67. The zero-order valence-electron chi connectivity index (χ0n) is 16.8. The quantitative estimate of drug-likeness (QED) is 0.565. The lowest BCUT2D eigenvalue weighted by Gasteiger charge is -2.19. The van der Waals surface area contributed by atoms with Crippen molar-refractivity contribution in [1.82, 2.24) is 5.32 Å². The molecule has 6 heteroatoms. The Bertz CT molecular complexity index is 1050. The summed E-state index contributed by atoms with van der Waals surface area (Å²) in [6.07, 6.45) is 0.166. The van der Waals surface area contributed by atoms with Gasteiger partial charge in [0.1, 0.15) is 11.0 Å². The Hall–Kier alpha value is -3.12. The molecule has 0 aliphatic carbocycles. The smallest absolute Gasteiger partial charge is 0.224 e. The molecular formula is C24H25NO4S. The van der Waals surface area contributed by atoms with Crippen molar-refractivity contribution in [2.45, 2.75) is 23.5 Å². The van der Waals surface area contributed by atoms with Gasteiger partial charge in [-0.25, -0.2) is 8.42 Å². The second-order valence-corrected chi connectivity index (χ2v) is 8.95. The van der Waals surface area contributed by atoms with E-state index in [1.165, 1.54) is 0 Å². The zero-order valence-corrected chi connectivity index (χ0v) is 17.6. The molecule has 0 saturated carbocycles. The first kappa shape index (κ1) is 21.6. The first-order chi connectivity index (χ1) is 14.5. The number of sulfone groups is 1. The van der Waals surface area contributed by atoms with Gasteiger partial charge in [0.2, 0.25) is 5.91 Å². The molecule has 3 rings (SSSR count). The molecule has 0 bridgehead atoms. The van der Waals surface area contributed by atoms with Crippen LogP contribution in [0.15, 0.2) is 89.8 Å². The van der Waals surface area contributed by atoms with Gasteiger partial charge in [-0.15, -0.1) is 0 Å². The first-order valence-corrected chi connectivity index (χ1v) is 11.4. The minimum Gasteiger partial charge on any atom is -0.494 e. The van der Waals surface area contributed by atoms with Gasteiger partial charge in [-0.05, 0) is 42.3 Å². The summed E-state index contributed by atoms with van der Waals surface area (Å²) in [5.41, 5.74) is 1.47. The Labute approximate surface area is 177 Å². The SMILES string of the molecule is CCOc1ccc(CC(=O)NC[C@H](c2ccccc2)S(=O)(=O)c2ccccc2)cc1. The van der Waals surface area contributed by atoms with Crippen LogP contribution < -0.4 is 10.1 Å². The normalized spacial score (nSPS) is 12.2. The standard InChI is InChI=1S/C24H25NO4S/c1-2-29-21-15-13-19(14-16-21)17-24(26)25-18-23(20-9-5-3-6-10-20)30(27,28)22-11-7-4-8-12-22/h3-16,23H,2,17-18H2,1H3,(H,25,26)/t23-/m1/s1. The molecule has 0 radical (unpaired) electrons. The van der Waals surface area contributed by atoms with E-state index in [1.807, 2.05) is 37.3 Å². The summed E-state index contributed by atoms with van der Waals surface area (Å²) in [6, 6.07) is 24.6. The van der Waals surface area contributed by atoms with Crippen molar-refractivity contribution >= 4 is 15.7 Å². The van der Waals surface area contributed by atoms with Crippen LogP contribution in [0.3, 0.4) is 0 Å². The van der Waals surface area contributed by atoms with E-state index in [0.717, 1.165) is 11.3 Å². The number of carbonyl (C=O) groups excluding carboxylic acids is 1. The number of carbonyl (C=O) groups is 1. The minimum absolute atomic E-state index is 0.00287. The monoisotopic (exact) mass is 423 g/mol. The highest BCUT2D eigenvalue weighted by Gasteiger charge is 2.29. The van der Waals surface area contributed by atoms with Crippen LogP contribution in [0.1, 0.15) is 23.3 Å². The second-order valence-electron chi connectivity index (χ2n) is 6.82. The average molecular weight is 424 g/mol. The average Bonchev–Trinajstić information content (AvgIpc) is 2.77. The Morgan fingerprint density at radius 2 is 1.50 bits per heavy atom. The van der Waals surface area contributed by atoms with Gasteiger partial charge in [-0.3, -0.25) is 4.79 Å². The van der Waals surface area contributed by atoms with Crippen LogP contribution in [-0.2, 0) is 21.1 Å². The maximum Gasteiger partial charge on any atom is 0.224 e.